The van der Waals surface area contributed by atoms with E-state index >= 15 is 0 Å². The van der Waals surface area contributed by atoms with Crippen molar-refractivity contribution in [1.29, 1.82) is 0 Å². The smallest absolute Gasteiger partial charge is 0.137 e. The summed E-state index contributed by atoms with van der Waals surface area (Å²) in [6.45, 7) is 5.33. The molecule has 0 unspecified atom stereocenters. The minimum absolute atomic E-state index is 0.807. The van der Waals surface area contributed by atoms with Crippen LogP contribution in [0.1, 0.15) is 122 Å². The Kier molecular flexibility index (Phi) is 11.2. The van der Waals surface area contributed by atoms with Crippen LogP contribution >= 0.6 is 0 Å². The van der Waals surface area contributed by atoms with E-state index in [-0.39, 0.29) is 0 Å². The lowest BCUT2D eigenvalue weighted by molar-refractivity contribution is 0.208. The number of aryl methyl sites for hydroxylation is 1. The summed E-state index contributed by atoms with van der Waals surface area (Å²) >= 11 is 0. The molecule has 0 saturated heterocycles. The molecule has 0 aromatic carbocycles. The lowest BCUT2D eigenvalue weighted by Gasteiger charge is -2.32. The van der Waals surface area contributed by atoms with Crippen LogP contribution in [0.4, 0.5) is 0 Å². The number of pyridine rings is 1. The Morgan fingerprint density at radius 3 is 1.77 bits per heavy atom. The van der Waals surface area contributed by atoms with Gasteiger partial charge >= 0.3 is 0 Å². The van der Waals surface area contributed by atoms with E-state index < -0.39 is 0 Å². The number of nitrogens with zero attached hydrogens (tertiary/aromatic N) is 1. The molecular formula is C29H49NO. The van der Waals surface area contributed by atoms with E-state index in [1.165, 1.54) is 102 Å². The minimum Gasteiger partial charge on any atom is -0.492 e. The van der Waals surface area contributed by atoms with Gasteiger partial charge in [-0.05, 0) is 55.1 Å². The Hall–Kier alpha value is -1.05. The first-order valence-electron chi connectivity index (χ1n) is 13.8. The van der Waals surface area contributed by atoms with Gasteiger partial charge in [-0.15, -0.1) is 0 Å². The molecule has 1 heterocycles. The highest BCUT2D eigenvalue weighted by atomic mass is 16.5. The number of hydrogen-bond acceptors (Lipinski definition) is 2. The third-order valence-corrected chi connectivity index (χ3v) is 8.25. The molecule has 2 aliphatic carbocycles. The first-order chi connectivity index (χ1) is 15.3. The van der Waals surface area contributed by atoms with Crippen LogP contribution < -0.4 is 4.74 Å². The molecule has 176 valence electrons. The minimum atomic E-state index is 0.807. The second-order valence-electron chi connectivity index (χ2n) is 10.7. The van der Waals surface area contributed by atoms with Crippen molar-refractivity contribution in [3.63, 3.8) is 0 Å². The molecule has 2 nitrogen and oxygen atoms in total. The van der Waals surface area contributed by atoms with Gasteiger partial charge in [-0.3, -0.25) is 4.98 Å². The van der Waals surface area contributed by atoms with E-state index in [2.05, 4.69) is 31.0 Å². The molecule has 0 bridgehead atoms. The van der Waals surface area contributed by atoms with Gasteiger partial charge in [-0.1, -0.05) is 104 Å². The Morgan fingerprint density at radius 1 is 0.710 bits per heavy atom. The summed E-state index contributed by atoms with van der Waals surface area (Å²) in [7, 11) is 0. The number of aromatic nitrogens is 1. The molecular weight excluding hydrogens is 378 g/mol. The average Bonchev–Trinajstić information content (AvgIpc) is 2.82. The summed E-state index contributed by atoms with van der Waals surface area (Å²) in [6.07, 6.45) is 26.0. The molecule has 1 aromatic rings. The van der Waals surface area contributed by atoms with Crippen LogP contribution in [0.3, 0.4) is 0 Å². The number of hydrogen-bond donors (Lipinski definition) is 0. The van der Waals surface area contributed by atoms with E-state index in [0.717, 1.165) is 48.9 Å². The van der Waals surface area contributed by atoms with Crippen molar-refractivity contribution >= 4 is 0 Å². The largest absolute Gasteiger partial charge is 0.492 e. The molecule has 0 aliphatic heterocycles. The Bertz CT molecular complexity index is 567. The predicted molar refractivity (Wildman–Crippen MR) is 133 cm³/mol. The molecule has 2 heteroatoms. The van der Waals surface area contributed by atoms with Gasteiger partial charge in [0.25, 0.3) is 0 Å². The number of rotatable bonds is 13. The maximum atomic E-state index is 5.73. The van der Waals surface area contributed by atoms with Crippen molar-refractivity contribution in [1.82, 2.24) is 4.98 Å². The van der Waals surface area contributed by atoms with Crippen LogP contribution in [0.15, 0.2) is 18.3 Å². The van der Waals surface area contributed by atoms with Crippen LogP contribution in [0.2, 0.25) is 0 Å². The van der Waals surface area contributed by atoms with Crippen molar-refractivity contribution in [3.8, 4) is 5.75 Å². The first kappa shape index (κ1) is 24.6. The molecule has 0 atom stereocenters. The fraction of sp³-hybridized carbons (Fsp3) is 0.828. The third-order valence-electron chi connectivity index (χ3n) is 8.25. The molecule has 2 fully saturated rings. The molecule has 0 amide bonds. The van der Waals surface area contributed by atoms with Crippen molar-refractivity contribution in [2.75, 3.05) is 6.61 Å². The molecule has 2 saturated carbocycles. The molecule has 31 heavy (non-hydrogen) atoms. The summed E-state index contributed by atoms with van der Waals surface area (Å²) in [5.74, 6) is 4.98. The van der Waals surface area contributed by atoms with Gasteiger partial charge in [0.1, 0.15) is 5.75 Å². The van der Waals surface area contributed by atoms with E-state index in [1.54, 1.807) is 0 Å². The lowest BCUT2D eigenvalue weighted by Crippen LogP contribution is -2.18. The van der Waals surface area contributed by atoms with Crippen LogP contribution in [-0.2, 0) is 6.42 Å². The molecule has 3 rings (SSSR count). The maximum absolute atomic E-state index is 5.73. The summed E-state index contributed by atoms with van der Waals surface area (Å²) in [4.78, 5) is 4.63. The zero-order chi connectivity index (χ0) is 21.7. The highest BCUT2D eigenvalue weighted by Crippen LogP contribution is 2.38. The quantitative estimate of drug-likeness (QED) is 0.293. The molecule has 0 N–H and O–H groups in total. The lowest BCUT2D eigenvalue weighted by atomic mass is 9.74. The standard InChI is InChI=1S/C29H49NO/c1-3-5-7-24-8-10-25(11-9-24)12-13-26-14-16-27(17-15-26)18-19-28-20-21-29(23-30-28)31-22-6-4-2/h20-21,23-27H,3-19,22H2,1-2H3/t24-,25-,26?,27?. The van der Waals surface area contributed by atoms with E-state index in [9.17, 15) is 0 Å². The summed E-state index contributed by atoms with van der Waals surface area (Å²) in [6, 6.07) is 4.27. The highest BCUT2D eigenvalue weighted by molar-refractivity contribution is 5.19. The fourth-order valence-electron chi connectivity index (χ4n) is 5.91. The van der Waals surface area contributed by atoms with E-state index in [0.29, 0.717) is 0 Å². The second kappa shape index (κ2) is 14.2. The van der Waals surface area contributed by atoms with Crippen LogP contribution in [-0.4, -0.2) is 11.6 Å². The summed E-state index contributed by atoms with van der Waals surface area (Å²) < 4.78 is 5.73. The Morgan fingerprint density at radius 2 is 1.26 bits per heavy atom. The van der Waals surface area contributed by atoms with Crippen molar-refractivity contribution in [2.24, 2.45) is 23.7 Å². The van der Waals surface area contributed by atoms with Gasteiger partial charge < -0.3 is 4.74 Å². The number of ether oxygens (including phenoxy) is 1. The molecule has 0 spiro atoms. The zero-order valence-electron chi connectivity index (χ0n) is 20.6. The maximum Gasteiger partial charge on any atom is 0.137 e. The van der Waals surface area contributed by atoms with Gasteiger partial charge in [-0.25, -0.2) is 0 Å². The van der Waals surface area contributed by atoms with Crippen LogP contribution in [0.5, 0.6) is 5.75 Å². The van der Waals surface area contributed by atoms with Crippen LogP contribution in [0, 0.1) is 23.7 Å². The highest BCUT2D eigenvalue weighted by Gasteiger charge is 2.24. The molecule has 1 aromatic heterocycles. The summed E-state index contributed by atoms with van der Waals surface area (Å²) in [5, 5.41) is 0. The van der Waals surface area contributed by atoms with Crippen molar-refractivity contribution in [3.05, 3.63) is 24.0 Å². The normalized spacial score (nSPS) is 26.6. The zero-order valence-corrected chi connectivity index (χ0v) is 20.6. The van der Waals surface area contributed by atoms with Gasteiger partial charge in [0.2, 0.25) is 0 Å². The Balaban J connectivity index is 1.25. The third kappa shape index (κ3) is 9.15. The molecule has 2 aliphatic rings. The van der Waals surface area contributed by atoms with Gasteiger partial charge in [0, 0.05) is 5.69 Å². The van der Waals surface area contributed by atoms with Crippen molar-refractivity contribution < 1.29 is 4.74 Å². The van der Waals surface area contributed by atoms with E-state index in [1.807, 2.05) is 6.20 Å². The van der Waals surface area contributed by atoms with Crippen molar-refractivity contribution in [2.45, 2.75) is 123 Å². The second-order valence-corrected chi connectivity index (χ2v) is 10.7. The first-order valence-corrected chi connectivity index (χ1v) is 13.8. The SMILES string of the molecule is CCCCOc1ccc(CCC2CCC(CC[C@H]3CC[C@H](CCCC)CC3)CC2)nc1. The average molecular weight is 428 g/mol. The summed E-state index contributed by atoms with van der Waals surface area (Å²) in [5.41, 5.74) is 1.24. The van der Waals surface area contributed by atoms with Gasteiger partial charge in [0.15, 0.2) is 0 Å². The van der Waals surface area contributed by atoms with Crippen LogP contribution in [0.25, 0.3) is 0 Å². The topological polar surface area (TPSA) is 22.1 Å². The number of unbranched alkanes of at least 4 members (excludes halogenated alkanes) is 2. The van der Waals surface area contributed by atoms with Gasteiger partial charge in [0.05, 0.1) is 12.8 Å². The van der Waals surface area contributed by atoms with Gasteiger partial charge in [-0.2, -0.15) is 0 Å². The molecule has 0 radical (unpaired) electrons. The fourth-order valence-corrected chi connectivity index (χ4v) is 5.91. The monoisotopic (exact) mass is 427 g/mol. The van der Waals surface area contributed by atoms with E-state index in [4.69, 9.17) is 4.74 Å². The predicted octanol–water partition coefficient (Wildman–Crippen LogP) is 8.78. The Labute approximate surface area is 193 Å².